The lowest BCUT2D eigenvalue weighted by atomic mass is 9.85. The van der Waals surface area contributed by atoms with Gasteiger partial charge >= 0.3 is 5.97 Å². The number of benzene rings is 4. The fourth-order valence-electron chi connectivity index (χ4n) is 4.16. The predicted molar refractivity (Wildman–Crippen MR) is 149 cm³/mol. The van der Waals surface area contributed by atoms with Crippen LogP contribution >= 0.6 is 11.3 Å². The summed E-state index contributed by atoms with van der Waals surface area (Å²) in [4.78, 5) is 16.1. The van der Waals surface area contributed by atoms with Crippen molar-refractivity contribution >= 4 is 17.3 Å². The number of nitrogens with zero attached hydrogens (tertiary/aromatic N) is 1. The summed E-state index contributed by atoms with van der Waals surface area (Å²) in [6.45, 7) is 4.72. The molecule has 5 rings (SSSR count). The van der Waals surface area contributed by atoms with E-state index < -0.39 is 5.97 Å². The second kappa shape index (κ2) is 10.4. The summed E-state index contributed by atoms with van der Waals surface area (Å²) in [6, 6.07) is 33.8. The molecule has 0 spiro atoms. The number of aromatic carboxylic acids is 1. The maximum atomic E-state index is 11.2. The minimum absolute atomic E-state index is 0.283. The molecule has 0 atom stereocenters. The Morgan fingerprint density at radius 2 is 1.43 bits per heavy atom. The van der Waals surface area contributed by atoms with E-state index >= 15 is 0 Å². The maximum absolute atomic E-state index is 11.2. The molecule has 1 N–H and O–H groups in total. The largest absolute Gasteiger partial charge is 0.489 e. The minimum atomic E-state index is -0.922. The number of thiazole rings is 1. The normalized spacial score (nSPS) is 11.3. The predicted octanol–water partition coefficient (Wildman–Crippen LogP) is 8.08. The Balaban J connectivity index is 1.23. The van der Waals surface area contributed by atoms with Crippen molar-refractivity contribution in [2.75, 3.05) is 0 Å². The first-order valence-corrected chi connectivity index (χ1v) is 13.0. The Bertz CT molecular complexity index is 1490. The Labute approximate surface area is 220 Å². The summed E-state index contributed by atoms with van der Waals surface area (Å²) in [6.07, 6.45) is 0. The van der Waals surface area contributed by atoms with Crippen molar-refractivity contribution in [2.24, 2.45) is 0 Å². The van der Waals surface area contributed by atoms with Crippen molar-refractivity contribution in [3.05, 3.63) is 130 Å². The van der Waals surface area contributed by atoms with E-state index in [0.717, 1.165) is 33.1 Å². The molecule has 0 aliphatic rings. The van der Waals surface area contributed by atoms with Crippen LogP contribution in [0.15, 0.2) is 109 Å². The van der Waals surface area contributed by atoms with Crippen LogP contribution in [0.1, 0.15) is 40.3 Å². The second-order valence-corrected chi connectivity index (χ2v) is 10.3. The lowest BCUT2D eigenvalue weighted by Crippen LogP contribution is -2.18. The average molecular weight is 506 g/mol. The zero-order valence-corrected chi connectivity index (χ0v) is 21.5. The molecule has 0 radical (unpaired) electrons. The van der Waals surface area contributed by atoms with Crippen molar-refractivity contribution < 1.29 is 14.6 Å². The monoisotopic (exact) mass is 505 g/mol. The fourth-order valence-corrected chi connectivity index (χ4v) is 5.13. The molecule has 0 aliphatic carbocycles. The van der Waals surface area contributed by atoms with E-state index in [0.29, 0.717) is 6.61 Å². The number of carbonyl (C=O) groups is 1. The highest BCUT2D eigenvalue weighted by atomic mass is 32.1. The number of aromatic nitrogens is 1. The van der Waals surface area contributed by atoms with Gasteiger partial charge in [0.2, 0.25) is 0 Å². The molecular weight excluding hydrogens is 478 g/mol. The van der Waals surface area contributed by atoms with Crippen molar-refractivity contribution in [3.63, 3.8) is 0 Å². The van der Waals surface area contributed by atoms with Crippen LogP contribution in [0, 0.1) is 0 Å². The molecule has 0 amide bonds. The number of hydrogen-bond acceptors (Lipinski definition) is 4. The Hall–Kier alpha value is -4.22. The maximum Gasteiger partial charge on any atom is 0.335 e. The zero-order chi connectivity index (χ0) is 25.8. The highest BCUT2D eigenvalue weighted by Crippen LogP contribution is 2.36. The third-order valence-electron chi connectivity index (χ3n) is 6.51. The van der Waals surface area contributed by atoms with Crippen LogP contribution in [0.3, 0.4) is 0 Å². The van der Waals surface area contributed by atoms with E-state index in [2.05, 4.69) is 55.6 Å². The van der Waals surface area contributed by atoms with Gasteiger partial charge in [-0.2, -0.15) is 0 Å². The van der Waals surface area contributed by atoms with Crippen molar-refractivity contribution in [3.8, 4) is 28.1 Å². The third-order valence-corrected chi connectivity index (χ3v) is 7.67. The summed E-state index contributed by atoms with van der Waals surface area (Å²) in [5.41, 5.74) is 6.43. The molecule has 37 heavy (non-hydrogen) atoms. The molecule has 184 valence electrons. The molecule has 0 fully saturated rings. The standard InChI is InChI=1S/C32H27NO3S/c1-32(2,27-16-12-26(13-17-27)30(34)35)31-33-29(21-37-31)25-14-18-28(19-15-25)36-20-22-8-10-24(11-9-22)23-6-4-3-5-7-23/h3-19,21H,20H2,1-2H3,(H,34,35). The Morgan fingerprint density at radius 3 is 2.08 bits per heavy atom. The van der Waals surface area contributed by atoms with Crippen molar-refractivity contribution in [2.45, 2.75) is 25.9 Å². The topological polar surface area (TPSA) is 59.4 Å². The first-order valence-electron chi connectivity index (χ1n) is 12.1. The molecule has 1 heterocycles. The zero-order valence-electron chi connectivity index (χ0n) is 20.7. The molecule has 1 aromatic heterocycles. The van der Waals surface area contributed by atoms with Gasteiger partial charge in [-0.15, -0.1) is 11.3 Å². The van der Waals surface area contributed by atoms with Crippen LogP contribution in [0.5, 0.6) is 5.75 Å². The smallest absolute Gasteiger partial charge is 0.335 e. The summed E-state index contributed by atoms with van der Waals surface area (Å²) in [7, 11) is 0. The minimum Gasteiger partial charge on any atom is -0.489 e. The van der Waals surface area contributed by atoms with Gasteiger partial charge < -0.3 is 9.84 Å². The summed E-state index contributed by atoms with van der Waals surface area (Å²) in [5, 5.41) is 12.2. The van der Waals surface area contributed by atoms with E-state index in [-0.39, 0.29) is 11.0 Å². The number of carboxylic acids is 1. The van der Waals surface area contributed by atoms with Crippen molar-refractivity contribution in [1.29, 1.82) is 0 Å². The van der Waals surface area contributed by atoms with Crippen LogP contribution in [0.4, 0.5) is 0 Å². The Morgan fingerprint density at radius 1 is 0.811 bits per heavy atom. The molecule has 0 saturated heterocycles. The summed E-state index contributed by atoms with van der Waals surface area (Å²) >= 11 is 1.61. The molecule has 5 aromatic rings. The van der Waals surface area contributed by atoms with Crippen LogP contribution in [0.2, 0.25) is 0 Å². The lowest BCUT2D eigenvalue weighted by Gasteiger charge is -2.22. The summed E-state index contributed by atoms with van der Waals surface area (Å²) < 4.78 is 6.01. The highest BCUT2D eigenvalue weighted by molar-refractivity contribution is 7.10. The Kier molecular flexibility index (Phi) is 6.89. The third kappa shape index (κ3) is 5.47. The summed E-state index contributed by atoms with van der Waals surface area (Å²) in [5.74, 6) is -0.112. The van der Waals surface area contributed by atoms with Gasteiger partial charge in [0.1, 0.15) is 17.4 Å². The quantitative estimate of drug-likeness (QED) is 0.232. The first kappa shape index (κ1) is 24.5. The van der Waals surface area contributed by atoms with E-state index in [1.54, 1.807) is 23.5 Å². The molecule has 4 nitrogen and oxygen atoms in total. The number of carboxylic acid groups (broad SMARTS) is 1. The molecule has 0 unspecified atom stereocenters. The van der Waals surface area contributed by atoms with Gasteiger partial charge in [0.15, 0.2) is 0 Å². The van der Waals surface area contributed by atoms with Crippen LogP contribution in [0.25, 0.3) is 22.4 Å². The molecule has 0 saturated carbocycles. The first-order chi connectivity index (χ1) is 17.9. The molecule has 0 bridgehead atoms. The van der Waals surface area contributed by atoms with E-state index in [4.69, 9.17) is 14.8 Å². The van der Waals surface area contributed by atoms with Crippen LogP contribution in [-0.2, 0) is 12.0 Å². The average Bonchev–Trinajstić information content (AvgIpc) is 3.44. The van der Waals surface area contributed by atoms with Gasteiger partial charge in [-0.3, -0.25) is 0 Å². The molecule has 5 heteroatoms. The number of rotatable bonds is 8. The fraction of sp³-hybridized carbons (Fsp3) is 0.125. The van der Waals surface area contributed by atoms with Gasteiger partial charge in [0, 0.05) is 16.4 Å². The van der Waals surface area contributed by atoms with Crippen LogP contribution in [-0.4, -0.2) is 16.1 Å². The number of hydrogen-bond donors (Lipinski definition) is 1. The van der Waals surface area contributed by atoms with Gasteiger partial charge in [-0.1, -0.05) is 66.7 Å². The van der Waals surface area contributed by atoms with E-state index in [9.17, 15) is 4.79 Å². The molecule has 0 aliphatic heterocycles. The van der Waals surface area contributed by atoms with Gasteiger partial charge in [0.25, 0.3) is 0 Å². The lowest BCUT2D eigenvalue weighted by molar-refractivity contribution is 0.0697. The molecule has 4 aromatic carbocycles. The second-order valence-electron chi connectivity index (χ2n) is 9.42. The highest BCUT2D eigenvalue weighted by Gasteiger charge is 2.27. The van der Waals surface area contributed by atoms with Gasteiger partial charge in [-0.05, 0) is 72.5 Å². The van der Waals surface area contributed by atoms with E-state index in [1.165, 1.54) is 11.1 Å². The van der Waals surface area contributed by atoms with Crippen molar-refractivity contribution in [1.82, 2.24) is 4.98 Å². The van der Waals surface area contributed by atoms with Crippen LogP contribution < -0.4 is 4.74 Å². The van der Waals surface area contributed by atoms with Gasteiger partial charge in [0.05, 0.1) is 11.3 Å². The molecular formula is C32H27NO3S. The van der Waals surface area contributed by atoms with E-state index in [1.807, 2.05) is 54.6 Å². The number of ether oxygens (including phenoxy) is 1. The van der Waals surface area contributed by atoms with Gasteiger partial charge in [-0.25, -0.2) is 9.78 Å². The SMILES string of the molecule is CC(C)(c1ccc(C(=O)O)cc1)c1nc(-c2ccc(OCc3ccc(-c4ccccc4)cc3)cc2)cs1.